The Morgan fingerprint density at radius 3 is 2.55 bits per heavy atom. The molecule has 1 saturated heterocycles. The van der Waals surface area contributed by atoms with E-state index in [9.17, 15) is 9.59 Å². The fourth-order valence-corrected chi connectivity index (χ4v) is 4.13. The molecule has 1 aromatic carbocycles. The number of thioether (sulfide) groups is 1. The molecule has 0 aliphatic carbocycles. The number of nitrogens with one attached hydrogen (secondary N) is 1. The number of hydrogen-bond donors (Lipinski definition) is 1. The molecule has 1 fully saturated rings. The highest BCUT2D eigenvalue weighted by atomic mass is 32.2. The third kappa shape index (κ3) is 4.51. The highest BCUT2D eigenvalue weighted by Crippen LogP contribution is 2.19. The first-order valence-corrected chi connectivity index (χ1v) is 11.6. The zero-order valence-corrected chi connectivity index (χ0v) is 18.6. The number of fused-ring (bicyclic) bond motifs is 1. The van der Waals surface area contributed by atoms with Gasteiger partial charge in [-0.1, -0.05) is 6.92 Å². The molecule has 0 unspecified atom stereocenters. The molecule has 0 saturated carbocycles. The van der Waals surface area contributed by atoms with Crippen LogP contribution in [0.25, 0.3) is 11.0 Å². The van der Waals surface area contributed by atoms with Gasteiger partial charge in [-0.3, -0.25) is 9.78 Å². The number of aromatic nitrogens is 3. The van der Waals surface area contributed by atoms with Crippen LogP contribution in [0.3, 0.4) is 0 Å². The summed E-state index contributed by atoms with van der Waals surface area (Å²) in [5.74, 6) is 0.444. The van der Waals surface area contributed by atoms with E-state index in [4.69, 9.17) is 0 Å². The second-order valence-corrected chi connectivity index (χ2v) is 8.27. The molecule has 31 heavy (non-hydrogen) atoms. The molecule has 1 aliphatic heterocycles. The lowest BCUT2D eigenvalue weighted by Crippen LogP contribution is -2.51. The SMILES string of the molecule is CCCn1c(=O)c(N2CCN(C(=O)Nc3ccc(SC)cc3)CC2)nc2ccncc21. The average Bonchev–Trinajstić information content (AvgIpc) is 2.81. The number of anilines is 2. The zero-order chi connectivity index (χ0) is 21.8. The van der Waals surface area contributed by atoms with Crippen LogP contribution < -0.4 is 15.8 Å². The van der Waals surface area contributed by atoms with Crippen molar-refractivity contribution in [1.29, 1.82) is 0 Å². The summed E-state index contributed by atoms with van der Waals surface area (Å²) >= 11 is 1.66. The Kier molecular flexibility index (Phi) is 6.41. The summed E-state index contributed by atoms with van der Waals surface area (Å²) < 4.78 is 1.75. The highest BCUT2D eigenvalue weighted by Gasteiger charge is 2.25. The number of aryl methyl sites for hydroxylation is 1. The molecule has 0 radical (unpaired) electrons. The van der Waals surface area contributed by atoms with Gasteiger partial charge in [0.25, 0.3) is 5.56 Å². The maximum Gasteiger partial charge on any atom is 0.321 e. The van der Waals surface area contributed by atoms with Crippen LogP contribution in [0.2, 0.25) is 0 Å². The maximum atomic E-state index is 13.1. The average molecular weight is 439 g/mol. The molecule has 4 rings (SSSR count). The number of rotatable bonds is 5. The summed E-state index contributed by atoms with van der Waals surface area (Å²) in [6.45, 7) is 4.83. The molecule has 0 atom stereocenters. The summed E-state index contributed by atoms with van der Waals surface area (Å²) in [5.41, 5.74) is 2.18. The fourth-order valence-electron chi connectivity index (χ4n) is 3.72. The van der Waals surface area contributed by atoms with E-state index in [-0.39, 0.29) is 11.6 Å². The van der Waals surface area contributed by atoms with Crippen LogP contribution in [0.1, 0.15) is 13.3 Å². The summed E-state index contributed by atoms with van der Waals surface area (Å²) in [6.07, 6.45) is 6.25. The van der Waals surface area contributed by atoms with E-state index < -0.39 is 0 Å². The topological polar surface area (TPSA) is 83.4 Å². The highest BCUT2D eigenvalue weighted by molar-refractivity contribution is 7.98. The molecular formula is C22H26N6O2S. The summed E-state index contributed by atoms with van der Waals surface area (Å²) in [7, 11) is 0. The van der Waals surface area contributed by atoms with Gasteiger partial charge in [-0.25, -0.2) is 9.78 Å². The minimum Gasteiger partial charge on any atom is -0.348 e. The van der Waals surface area contributed by atoms with Gasteiger partial charge in [0.15, 0.2) is 5.82 Å². The lowest BCUT2D eigenvalue weighted by atomic mass is 10.3. The number of piperazine rings is 1. The number of urea groups is 1. The number of carbonyl (C=O) groups is 1. The number of carbonyl (C=O) groups excluding carboxylic acids is 1. The third-order valence-corrected chi connectivity index (χ3v) is 6.13. The van der Waals surface area contributed by atoms with Gasteiger partial charge < -0.3 is 19.7 Å². The molecule has 3 heterocycles. The minimum atomic E-state index is -0.127. The Balaban J connectivity index is 1.47. The molecular weight excluding hydrogens is 412 g/mol. The standard InChI is InChI=1S/C22H26N6O2S/c1-3-10-28-19-15-23-9-8-18(19)25-20(21(28)29)26-11-13-27(14-12-26)22(30)24-16-4-6-17(31-2)7-5-16/h4-9,15H,3,10-14H2,1-2H3,(H,24,30). The molecule has 0 spiro atoms. The Hall–Kier alpha value is -3.07. The van der Waals surface area contributed by atoms with E-state index in [0.717, 1.165) is 28.0 Å². The van der Waals surface area contributed by atoms with Crippen LogP contribution in [0.5, 0.6) is 0 Å². The Labute approximate surface area is 185 Å². The lowest BCUT2D eigenvalue weighted by molar-refractivity contribution is 0.208. The Morgan fingerprint density at radius 2 is 1.87 bits per heavy atom. The van der Waals surface area contributed by atoms with Crippen LogP contribution in [0, 0.1) is 0 Å². The molecule has 1 N–H and O–H groups in total. The van der Waals surface area contributed by atoms with Crippen LogP contribution in [0.4, 0.5) is 16.3 Å². The zero-order valence-electron chi connectivity index (χ0n) is 17.7. The summed E-state index contributed by atoms with van der Waals surface area (Å²) in [5, 5.41) is 2.95. The predicted octanol–water partition coefficient (Wildman–Crippen LogP) is 3.28. The van der Waals surface area contributed by atoms with Crippen molar-refractivity contribution in [2.75, 3.05) is 42.7 Å². The molecule has 162 valence electrons. The van der Waals surface area contributed by atoms with Gasteiger partial charge in [-0.2, -0.15) is 0 Å². The van der Waals surface area contributed by atoms with Gasteiger partial charge >= 0.3 is 6.03 Å². The van der Waals surface area contributed by atoms with E-state index in [1.807, 2.05) is 48.4 Å². The van der Waals surface area contributed by atoms with Crippen molar-refractivity contribution in [2.24, 2.45) is 0 Å². The van der Waals surface area contributed by atoms with Crippen molar-refractivity contribution < 1.29 is 4.79 Å². The second kappa shape index (κ2) is 9.38. The molecule has 0 bridgehead atoms. The summed E-state index contributed by atoms with van der Waals surface area (Å²) in [6, 6.07) is 9.49. The van der Waals surface area contributed by atoms with Crippen molar-refractivity contribution in [1.82, 2.24) is 19.4 Å². The number of amides is 2. The van der Waals surface area contributed by atoms with Crippen LogP contribution >= 0.6 is 11.8 Å². The van der Waals surface area contributed by atoms with Crippen LogP contribution in [-0.2, 0) is 6.54 Å². The number of benzene rings is 1. The smallest absolute Gasteiger partial charge is 0.321 e. The fraction of sp³-hybridized carbons (Fsp3) is 0.364. The molecule has 1 aliphatic rings. The second-order valence-electron chi connectivity index (χ2n) is 7.39. The van der Waals surface area contributed by atoms with Crippen molar-refractivity contribution in [3.63, 3.8) is 0 Å². The van der Waals surface area contributed by atoms with Gasteiger partial charge in [0, 0.05) is 49.5 Å². The molecule has 9 heteroatoms. The maximum absolute atomic E-state index is 13.1. The van der Waals surface area contributed by atoms with Crippen molar-refractivity contribution in [3.8, 4) is 0 Å². The van der Waals surface area contributed by atoms with Crippen molar-refractivity contribution in [3.05, 3.63) is 53.1 Å². The van der Waals surface area contributed by atoms with Gasteiger partial charge in [0.05, 0.1) is 17.2 Å². The van der Waals surface area contributed by atoms with Crippen molar-refractivity contribution in [2.45, 2.75) is 24.8 Å². The predicted molar refractivity (Wildman–Crippen MR) is 125 cm³/mol. The molecule has 8 nitrogen and oxygen atoms in total. The molecule has 2 aromatic heterocycles. The Morgan fingerprint density at radius 1 is 1.13 bits per heavy atom. The normalized spacial score (nSPS) is 14.1. The summed E-state index contributed by atoms with van der Waals surface area (Å²) in [4.78, 5) is 39.4. The molecule has 2 amide bonds. The van der Waals surface area contributed by atoms with E-state index in [1.165, 1.54) is 0 Å². The minimum absolute atomic E-state index is 0.103. The largest absolute Gasteiger partial charge is 0.348 e. The number of hydrogen-bond acceptors (Lipinski definition) is 6. The van der Waals surface area contributed by atoms with Crippen molar-refractivity contribution >= 4 is 40.3 Å². The third-order valence-electron chi connectivity index (χ3n) is 5.39. The number of nitrogens with zero attached hydrogens (tertiary/aromatic N) is 5. The quantitative estimate of drug-likeness (QED) is 0.616. The van der Waals surface area contributed by atoms with E-state index in [1.54, 1.807) is 33.6 Å². The van der Waals surface area contributed by atoms with Gasteiger partial charge in [0.1, 0.15) is 0 Å². The number of pyridine rings is 1. The van der Waals surface area contributed by atoms with Crippen LogP contribution in [0.15, 0.2) is 52.4 Å². The van der Waals surface area contributed by atoms with Crippen LogP contribution in [-0.4, -0.2) is 57.9 Å². The van der Waals surface area contributed by atoms with E-state index in [0.29, 0.717) is 38.5 Å². The lowest BCUT2D eigenvalue weighted by Gasteiger charge is -2.35. The monoisotopic (exact) mass is 438 g/mol. The van der Waals surface area contributed by atoms with Gasteiger partial charge in [-0.05, 0) is 43.0 Å². The first-order chi connectivity index (χ1) is 15.1. The first kappa shape index (κ1) is 21.2. The first-order valence-electron chi connectivity index (χ1n) is 10.4. The van der Waals surface area contributed by atoms with E-state index >= 15 is 0 Å². The van der Waals surface area contributed by atoms with Gasteiger partial charge in [-0.15, -0.1) is 11.8 Å². The Bertz CT molecular complexity index is 1120. The van der Waals surface area contributed by atoms with E-state index in [2.05, 4.69) is 15.3 Å². The molecule has 3 aromatic rings. The van der Waals surface area contributed by atoms with Gasteiger partial charge in [0.2, 0.25) is 0 Å².